The molecule has 0 aliphatic rings. The molecule has 0 aliphatic carbocycles. The summed E-state index contributed by atoms with van der Waals surface area (Å²) in [5.41, 5.74) is 3.97. The van der Waals surface area contributed by atoms with E-state index in [9.17, 15) is 0 Å². The van der Waals surface area contributed by atoms with Crippen LogP contribution in [0.25, 0.3) is 11.1 Å². The maximum Gasteiger partial charge on any atom is 0.259 e. The summed E-state index contributed by atoms with van der Waals surface area (Å²) in [6, 6.07) is 0. The van der Waals surface area contributed by atoms with Gasteiger partial charge in [-0.2, -0.15) is 0 Å². The Hall–Kier alpha value is -0.900. The molecule has 0 spiro atoms. The fourth-order valence-corrected chi connectivity index (χ4v) is 1.89. The molecule has 0 unspecified atom stereocenters. The Morgan fingerprint density at radius 2 is 1.85 bits per heavy atom. The normalized spacial score (nSPS) is 11.1. The third-order valence-electron chi connectivity index (χ3n) is 2.38. The number of aryl methyl sites for hydroxylation is 2. The van der Waals surface area contributed by atoms with Crippen molar-refractivity contribution in [2.45, 2.75) is 20.8 Å². The first-order chi connectivity index (χ1) is 6.11. The zero-order valence-corrected chi connectivity index (χ0v) is 9.27. The third kappa shape index (κ3) is 1.16. The predicted molar refractivity (Wildman–Crippen MR) is 53.7 cm³/mol. The first kappa shape index (κ1) is 8.69. The molecule has 3 nitrogen and oxygen atoms in total. The summed E-state index contributed by atoms with van der Waals surface area (Å²) < 4.78 is 5.79. The van der Waals surface area contributed by atoms with E-state index in [4.69, 9.17) is 4.52 Å². The van der Waals surface area contributed by atoms with Crippen molar-refractivity contribution in [1.82, 2.24) is 10.1 Å². The fourth-order valence-electron chi connectivity index (χ4n) is 1.35. The summed E-state index contributed by atoms with van der Waals surface area (Å²) in [5.74, 6) is 0. The molecule has 0 fully saturated rings. The Labute approximate surface area is 84.3 Å². The highest BCUT2D eigenvalue weighted by atomic mass is 79.9. The van der Waals surface area contributed by atoms with Crippen LogP contribution in [0.5, 0.6) is 0 Å². The van der Waals surface area contributed by atoms with E-state index >= 15 is 0 Å². The number of hydrogen-bond donors (Lipinski definition) is 0. The minimum Gasteiger partial charge on any atom is -0.335 e. The van der Waals surface area contributed by atoms with Gasteiger partial charge in [0.1, 0.15) is 0 Å². The Morgan fingerprint density at radius 1 is 1.15 bits per heavy atom. The first-order valence-corrected chi connectivity index (χ1v) is 4.79. The van der Waals surface area contributed by atoms with Crippen LogP contribution in [0.1, 0.15) is 16.8 Å². The summed E-state index contributed by atoms with van der Waals surface area (Å²) in [7, 11) is 0. The van der Waals surface area contributed by atoms with Crippen molar-refractivity contribution in [1.29, 1.82) is 0 Å². The molecule has 0 aliphatic heterocycles. The lowest BCUT2D eigenvalue weighted by Gasteiger charge is -2.02. The summed E-state index contributed by atoms with van der Waals surface area (Å²) in [6.45, 7) is 6.07. The van der Waals surface area contributed by atoms with E-state index in [1.165, 1.54) is 11.1 Å². The highest BCUT2D eigenvalue weighted by molar-refractivity contribution is 9.10. The highest BCUT2D eigenvalue weighted by Crippen LogP contribution is 2.27. The monoisotopic (exact) mass is 240 g/mol. The number of fused-ring (bicyclic) bond motifs is 1. The molecule has 0 saturated heterocycles. The molecule has 0 radical (unpaired) electrons. The van der Waals surface area contributed by atoms with Gasteiger partial charge in [-0.05, 0) is 47.8 Å². The number of pyridine rings is 1. The predicted octanol–water partition coefficient (Wildman–Crippen LogP) is 2.91. The van der Waals surface area contributed by atoms with E-state index in [-0.39, 0.29) is 0 Å². The van der Waals surface area contributed by atoms with Crippen LogP contribution in [0.3, 0.4) is 0 Å². The van der Waals surface area contributed by atoms with Gasteiger partial charge in [0.15, 0.2) is 4.60 Å². The molecule has 0 N–H and O–H groups in total. The SMILES string of the molecule is Cc1nc2onc(Br)c2c(C)c1C. The molecule has 0 atom stereocenters. The third-order valence-corrected chi connectivity index (χ3v) is 2.92. The molecule has 2 heterocycles. The van der Waals surface area contributed by atoms with Crippen LogP contribution >= 0.6 is 15.9 Å². The molecule has 68 valence electrons. The maximum absolute atomic E-state index is 5.06. The molecule has 2 rings (SSSR count). The lowest BCUT2D eigenvalue weighted by atomic mass is 10.1. The number of nitrogens with zero attached hydrogens (tertiary/aromatic N) is 2. The smallest absolute Gasteiger partial charge is 0.259 e. The van der Waals surface area contributed by atoms with E-state index < -0.39 is 0 Å². The van der Waals surface area contributed by atoms with Gasteiger partial charge in [0.25, 0.3) is 5.71 Å². The second-order valence-corrected chi connectivity index (χ2v) is 3.85. The van der Waals surface area contributed by atoms with Gasteiger partial charge in [-0.1, -0.05) is 5.16 Å². The molecule has 0 amide bonds. The zero-order chi connectivity index (χ0) is 9.59. The molecule has 0 bridgehead atoms. The van der Waals surface area contributed by atoms with Gasteiger partial charge < -0.3 is 4.52 Å². The van der Waals surface area contributed by atoms with Crippen molar-refractivity contribution in [2.24, 2.45) is 0 Å². The van der Waals surface area contributed by atoms with Crippen molar-refractivity contribution >= 4 is 27.0 Å². The van der Waals surface area contributed by atoms with E-state index in [0.717, 1.165) is 15.7 Å². The largest absolute Gasteiger partial charge is 0.335 e. The highest BCUT2D eigenvalue weighted by Gasteiger charge is 2.12. The van der Waals surface area contributed by atoms with Crippen LogP contribution in [-0.2, 0) is 0 Å². The van der Waals surface area contributed by atoms with Crippen molar-refractivity contribution in [2.75, 3.05) is 0 Å². The molecular weight excluding hydrogens is 232 g/mol. The number of halogens is 1. The molecular formula is C9H9BrN2O. The van der Waals surface area contributed by atoms with Crippen LogP contribution in [0.2, 0.25) is 0 Å². The fraction of sp³-hybridized carbons (Fsp3) is 0.333. The summed E-state index contributed by atoms with van der Waals surface area (Å²) in [6.07, 6.45) is 0. The van der Waals surface area contributed by atoms with E-state index in [2.05, 4.69) is 33.0 Å². The van der Waals surface area contributed by atoms with Gasteiger partial charge in [0, 0.05) is 5.69 Å². The van der Waals surface area contributed by atoms with E-state index in [1.807, 2.05) is 13.8 Å². The zero-order valence-electron chi connectivity index (χ0n) is 7.68. The molecule has 13 heavy (non-hydrogen) atoms. The van der Waals surface area contributed by atoms with Crippen molar-refractivity contribution in [3.63, 3.8) is 0 Å². The summed E-state index contributed by atoms with van der Waals surface area (Å²) in [5, 5.41) is 4.79. The van der Waals surface area contributed by atoms with Crippen LogP contribution in [0.4, 0.5) is 0 Å². The number of aromatic nitrogens is 2. The van der Waals surface area contributed by atoms with Gasteiger partial charge in [-0.25, -0.2) is 4.98 Å². The average molecular weight is 241 g/mol. The Balaban J connectivity index is 2.97. The number of rotatable bonds is 0. The van der Waals surface area contributed by atoms with Gasteiger partial charge in [-0.3, -0.25) is 0 Å². The maximum atomic E-state index is 5.06. The van der Waals surface area contributed by atoms with Crippen molar-refractivity contribution in [3.8, 4) is 0 Å². The average Bonchev–Trinajstić information content (AvgIpc) is 2.43. The second-order valence-electron chi connectivity index (χ2n) is 3.10. The quantitative estimate of drug-likeness (QED) is 0.711. The molecule has 0 aromatic carbocycles. The lowest BCUT2D eigenvalue weighted by Crippen LogP contribution is -1.91. The molecule has 2 aromatic rings. The Morgan fingerprint density at radius 3 is 2.54 bits per heavy atom. The van der Waals surface area contributed by atoms with Gasteiger partial charge in [0.05, 0.1) is 5.39 Å². The lowest BCUT2D eigenvalue weighted by molar-refractivity contribution is 0.443. The Kier molecular flexibility index (Phi) is 1.87. The van der Waals surface area contributed by atoms with E-state index in [0.29, 0.717) is 5.71 Å². The van der Waals surface area contributed by atoms with Crippen LogP contribution in [0, 0.1) is 20.8 Å². The topological polar surface area (TPSA) is 38.9 Å². The van der Waals surface area contributed by atoms with Crippen LogP contribution in [0.15, 0.2) is 9.13 Å². The molecule has 4 heteroatoms. The van der Waals surface area contributed by atoms with Gasteiger partial charge in [0.2, 0.25) is 0 Å². The minimum atomic E-state index is 0.604. The van der Waals surface area contributed by atoms with Crippen LogP contribution < -0.4 is 0 Å². The van der Waals surface area contributed by atoms with E-state index in [1.54, 1.807) is 0 Å². The van der Waals surface area contributed by atoms with Crippen LogP contribution in [-0.4, -0.2) is 10.1 Å². The van der Waals surface area contributed by atoms with Crippen molar-refractivity contribution in [3.05, 3.63) is 21.4 Å². The molecule has 2 aromatic heterocycles. The second kappa shape index (κ2) is 2.80. The van der Waals surface area contributed by atoms with Gasteiger partial charge >= 0.3 is 0 Å². The standard InChI is InChI=1S/C9H9BrN2O/c1-4-5(2)7-8(10)12-13-9(7)11-6(4)3/h1-3H3. The van der Waals surface area contributed by atoms with Crippen molar-refractivity contribution < 1.29 is 4.52 Å². The molecule has 0 saturated carbocycles. The Bertz CT molecular complexity index is 476. The minimum absolute atomic E-state index is 0.604. The summed E-state index contributed by atoms with van der Waals surface area (Å²) >= 11 is 3.33. The first-order valence-electron chi connectivity index (χ1n) is 4.00. The summed E-state index contributed by atoms with van der Waals surface area (Å²) in [4.78, 5) is 4.30. The van der Waals surface area contributed by atoms with Gasteiger partial charge in [-0.15, -0.1) is 0 Å². The number of hydrogen-bond acceptors (Lipinski definition) is 3.